The maximum absolute atomic E-state index is 12.0. The van der Waals surface area contributed by atoms with Gasteiger partial charge in [-0.2, -0.15) is 0 Å². The van der Waals surface area contributed by atoms with Crippen LogP contribution in [0.4, 0.5) is 4.79 Å². The average molecular weight is 293 g/mol. The zero-order valence-corrected chi connectivity index (χ0v) is 13.6. The number of nitrogens with one attached hydrogen (secondary N) is 1. The number of hydrogen-bond acceptors (Lipinski definition) is 3. The molecule has 5 nitrogen and oxygen atoms in total. The first-order chi connectivity index (χ1) is 9.85. The van der Waals surface area contributed by atoms with Gasteiger partial charge in [-0.3, -0.25) is 0 Å². The Morgan fingerprint density at radius 3 is 2.86 bits per heavy atom. The van der Waals surface area contributed by atoms with Crippen LogP contribution in [0.2, 0.25) is 0 Å². The SMILES string of the molecule is Cn1cccc1CNCC1CCN(C(=O)OC(C)(C)C)C1. The monoisotopic (exact) mass is 293 g/mol. The Kier molecular flexibility index (Phi) is 4.93. The van der Waals surface area contributed by atoms with E-state index in [1.165, 1.54) is 5.69 Å². The van der Waals surface area contributed by atoms with Gasteiger partial charge in [-0.25, -0.2) is 4.79 Å². The highest BCUT2D eigenvalue weighted by Crippen LogP contribution is 2.19. The van der Waals surface area contributed by atoms with Crippen molar-refractivity contribution < 1.29 is 9.53 Å². The number of aryl methyl sites for hydroxylation is 1. The van der Waals surface area contributed by atoms with Crippen LogP contribution >= 0.6 is 0 Å². The number of amides is 1. The smallest absolute Gasteiger partial charge is 0.410 e. The summed E-state index contributed by atoms with van der Waals surface area (Å²) in [5.74, 6) is 0.512. The molecule has 1 unspecified atom stereocenters. The van der Waals surface area contributed by atoms with Crippen molar-refractivity contribution in [2.24, 2.45) is 13.0 Å². The van der Waals surface area contributed by atoms with Crippen LogP contribution in [0.25, 0.3) is 0 Å². The number of carbonyl (C=O) groups is 1. The molecule has 1 N–H and O–H groups in total. The van der Waals surface area contributed by atoms with E-state index in [1.54, 1.807) is 0 Å². The first kappa shape index (κ1) is 15.9. The third-order valence-corrected chi connectivity index (χ3v) is 3.73. The molecule has 1 atom stereocenters. The molecule has 5 heteroatoms. The Morgan fingerprint density at radius 1 is 1.48 bits per heavy atom. The van der Waals surface area contributed by atoms with Crippen molar-refractivity contribution >= 4 is 6.09 Å². The molecule has 1 aromatic heterocycles. The van der Waals surface area contributed by atoms with E-state index >= 15 is 0 Å². The van der Waals surface area contributed by atoms with Gasteiger partial charge in [0.15, 0.2) is 0 Å². The third kappa shape index (κ3) is 4.77. The molecule has 21 heavy (non-hydrogen) atoms. The van der Waals surface area contributed by atoms with Crippen molar-refractivity contribution in [2.45, 2.75) is 39.3 Å². The summed E-state index contributed by atoms with van der Waals surface area (Å²) in [4.78, 5) is 13.8. The van der Waals surface area contributed by atoms with E-state index in [0.717, 1.165) is 32.6 Å². The van der Waals surface area contributed by atoms with Crippen LogP contribution in [0.5, 0.6) is 0 Å². The van der Waals surface area contributed by atoms with E-state index in [9.17, 15) is 4.79 Å². The van der Waals surface area contributed by atoms with E-state index in [-0.39, 0.29) is 6.09 Å². The minimum Gasteiger partial charge on any atom is -0.444 e. The molecular formula is C16H27N3O2. The Labute approximate surface area is 127 Å². The van der Waals surface area contributed by atoms with Gasteiger partial charge in [-0.15, -0.1) is 0 Å². The zero-order valence-electron chi connectivity index (χ0n) is 13.6. The lowest BCUT2D eigenvalue weighted by molar-refractivity contribution is 0.0288. The summed E-state index contributed by atoms with van der Waals surface area (Å²) in [6, 6.07) is 4.17. The maximum Gasteiger partial charge on any atom is 0.410 e. The van der Waals surface area contributed by atoms with E-state index in [2.05, 4.69) is 35.3 Å². The highest BCUT2D eigenvalue weighted by molar-refractivity contribution is 5.68. The Balaban J connectivity index is 1.70. The molecule has 0 spiro atoms. The lowest BCUT2D eigenvalue weighted by atomic mass is 10.1. The van der Waals surface area contributed by atoms with Crippen LogP contribution < -0.4 is 5.32 Å². The summed E-state index contributed by atoms with van der Waals surface area (Å²) < 4.78 is 7.53. The van der Waals surface area contributed by atoms with Gasteiger partial charge in [0.2, 0.25) is 0 Å². The molecule has 2 rings (SSSR count). The fourth-order valence-corrected chi connectivity index (χ4v) is 2.58. The minimum atomic E-state index is -0.417. The van der Waals surface area contributed by atoms with Crippen LogP contribution in [-0.2, 0) is 18.3 Å². The molecule has 2 heterocycles. The zero-order chi connectivity index (χ0) is 15.5. The quantitative estimate of drug-likeness (QED) is 0.927. The van der Waals surface area contributed by atoms with E-state index in [4.69, 9.17) is 4.74 Å². The second kappa shape index (κ2) is 6.52. The van der Waals surface area contributed by atoms with Crippen LogP contribution in [0.1, 0.15) is 32.9 Å². The van der Waals surface area contributed by atoms with Crippen molar-refractivity contribution in [3.05, 3.63) is 24.0 Å². The average Bonchev–Trinajstić information content (AvgIpc) is 2.97. The summed E-state index contributed by atoms with van der Waals surface area (Å²) in [5.41, 5.74) is 0.858. The molecule has 1 aliphatic rings. The van der Waals surface area contributed by atoms with Crippen molar-refractivity contribution in [2.75, 3.05) is 19.6 Å². The van der Waals surface area contributed by atoms with Gasteiger partial charge in [0.1, 0.15) is 5.60 Å². The second-order valence-corrected chi connectivity index (χ2v) is 6.82. The highest BCUT2D eigenvalue weighted by Gasteiger charge is 2.29. The van der Waals surface area contributed by atoms with Crippen molar-refractivity contribution in [3.63, 3.8) is 0 Å². The fourth-order valence-electron chi connectivity index (χ4n) is 2.58. The van der Waals surface area contributed by atoms with Gasteiger partial charge in [-0.05, 0) is 45.2 Å². The number of nitrogens with zero attached hydrogens (tertiary/aromatic N) is 2. The number of carbonyl (C=O) groups excluding carboxylic acids is 1. The third-order valence-electron chi connectivity index (χ3n) is 3.73. The Bertz CT molecular complexity index is 476. The lowest BCUT2D eigenvalue weighted by Gasteiger charge is -2.24. The summed E-state index contributed by atoms with van der Waals surface area (Å²) in [7, 11) is 2.05. The molecule has 0 aliphatic carbocycles. The van der Waals surface area contributed by atoms with Gasteiger partial charge >= 0.3 is 6.09 Å². The second-order valence-electron chi connectivity index (χ2n) is 6.82. The fraction of sp³-hybridized carbons (Fsp3) is 0.688. The molecule has 0 radical (unpaired) electrons. The topological polar surface area (TPSA) is 46.5 Å². The van der Waals surface area contributed by atoms with Crippen molar-refractivity contribution in [1.82, 2.24) is 14.8 Å². The summed E-state index contributed by atoms with van der Waals surface area (Å²) in [5, 5.41) is 3.48. The van der Waals surface area contributed by atoms with Crippen molar-refractivity contribution in [3.8, 4) is 0 Å². The molecule has 0 saturated carbocycles. The number of likely N-dealkylation sites (tertiary alicyclic amines) is 1. The largest absolute Gasteiger partial charge is 0.444 e. The van der Waals surface area contributed by atoms with Gasteiger partial charge in [0, 0.05) is 45.1 Å². The number of aromatic nitrogens is 1. The van der Waals surface area contributed by atoms with Gasteiger partial charge in [-0.1, -0.05) is 0 Å². The Hall–Kier alpha value is -1.49. The van der Waals surface area contributed by atoms with E-state index in [1.807, 2.05) is 25.7 Å². The summed E-state index contributed by atoms with van der Waals surface area (Å²) in [6.07, 6.45) is 2.91. The van der Waals surface area contributed by atoms with E-state index in [0.29, 0.717) is 5.92 Å². The lowest BCUT2D eigenvalue weighted by Crippen LogP contribution is -2.36. The molecule has 1 amide bonds. The summed E-state index contributed by atoms with van der Waals surface area (Å²) in [6.45, 7) is 9.09. The van der Waals surface area contributed by atoms with Gasteiger partial charge in [0.25, 0.3) is 0 Å². The van der Waals surface area contributed by atoms with E-state index < -0.39 is 5.60 Å². The molecule has 1 saturated heterocycles. The molecule has 0 aromatic carbocycles. The number of hydrogen-bond donors (Lipinski definition) is 1. The maximum atomic E-state index is 12.0. The molecule has 1 aromatic rings. The van der Waals surface area contributed by atoms with Crippen LogP contribution in [0, 0.1) is 5.92 Å². The van der Waals surface area contributed by atoms with Crippen molar-refractivity contribution in [1.29, 1.82) is 0 Å². The van der Waals surface area contributed by atoms with Gasteiger partial charge in [0.05, 0.1) is 0 Å². The molecule has 1 fully saturated rings. The minimum absolute atomic E-state index is 0.188. The molecule has 118 valence electrons. The predicted molar refractivity (Wildman–Crippen MR) is 83.0 cm³/mol. The predicted octanol–water partition coefficient (Wildman–Crippen LogP) is 2.37. The number of rotatable bonds is 4. The molecule has 1 aliphatic heterocycles. The standard InChI is InChI=1S/C16H27N3O2/c1-16(2,3)21-15(20)19-9-7-13(12-19)10-17-11-14-6-5-8-18(14)4/h5-6,8,13,17H,7,9-12H2,1-4H3. The van der Waals surface area contributed by atoms with Crippen LogP contribution in [0.3, 0.4) is 0 Å². The Morgan fingerprint density at radius 2 is 2.24 bits per heavy atom. The molecule has 0 bridgehead atoms. The normalized spacial score (nSPS) is 19.0. The first-order valence-corrected chi connectivity index (χ1v) is 7.64. The highest BCUT2D eigenvalue weighted by atomic mass is 16.6. The molecular weight excluding hydrogens is 266 g/mol. The van der Waals surface area contributed by atoms with Gasteiger partial charge < -0.3 is 19.5 Å². The van der Waals surface area contributed by atoms with Crippen LogP contribution in [0.15, 0.2) is 18.3 Å². The first-order valence-electron chi connectivity index (χ1n) is 7.64. The number of ether oxygens (including phenoxy) is 1. The summed E-state index contributed by atoms with van der Waals surface area (Å²) >= 11 is 0. The van der Waals surface area contributed by atoms with Crippen LogP contribution in [-0.4, -0.2) is 40.8 Å².